The Balaban J connectivity index is 1.13. The normalized spacial score (nSPS) is 43.8. The van der Waals surface area contributed by atoms with Gasteiger partial charge in [-0.05, 0) is 114 Å². The molecule has 62 heavy (non-hydrogen) atoms. The van der Waals surface area contributed by atoms with E-state index in [9.17, 15) is 9.59 Å². The van der Waals surface area contributed by atoms with E-state index < -0.39 is 42.7 Å². The van der Waals surface area contributed by atoms with Crippen molar-refractivity contribution in [1.82, 2.24) is 4.90 Å². The second kappa shape index (κ2) is 19.5. The van der Waals surface area contributed by atoms with E-state index in [2.05, 4.69) is 38.1 Å². The van der Waals surface area contributed by atoms with E-state index in [-0.39, 0.29) is 90.4 Å². The number of esters is 2. The molecule has 13 nitrogen and oxygen atoms in total. The molecular weight excluding hydrogens is 815 g/mol. The van der Waals surface area contributed by atoms with Gasteiger partial charge in [-0.1, -0.05) is 32.1 Å². The number of thiophene rings is 1. The average Bonchev–Trinajstić information content (AvgIpc) is 4.01. The van der Waals surface area contributed by atoms with E-state index in [4.69, 9.17) is 42.6 Å². The number of ether oxygens (including phenoxy) is 9. The molecule has 19 atom stereocenters. The third-order valence-corrected chi connectivity index (χ3v) is 16.4. The molecule has 0 radical (unpaired) electrons. The zero-order valence-corrected chi connectivity index (χ0v) is 38.8. The molecule has 2 saturated carbocycles. The van der Waals surface area contributed by atoms with Crippen molar-refractivity contribution in [2.75, 3.05) is 35.4 Å². The molecule has 1 aromatic heterocycles. The van der Waals surface area contributed by atoms with Crippen molar-refractivity contribution in [3.63, 3.8) is 0 Å². The number of likely N-dealkylation sites (N-methyl/N-ethyl adjacent to an activating group) is 1. The quantitative estimate of drug-likeness (QED) is 0.233. The van der Waals surface area contributed by atoms with Crippen molar-refractivity contribution in [2.24, 2.45) is 41.4 Å². The molecule has 7 aliphatic rings. The molecule has 0 bridgehead atoms. The number of rotatable bonds is 10. The highest BCUT2D eigenvalue weighted by Crippen LogP contribution is 2.61. The molecule has 3 saturated heterocycles. The lowest BCUT2D eigenvalue weighted by molar-refractivity contribution is -0.314. The van der Waals surface area contributed by atoms with Crippen LogP contribution in [0, 0.1) is 41.4 Å². The third kappa shape index (κ3) is 8.90. The number of carbonyl (C=O) groups is 3. The van der Waals surface area contributed by atoms with Gasteiger partial charge in [-0.15, -0.1) is 11.3 Å². The van der Waals surface area contributed by atoms with E-state index in [1.165, 1.54) is 11.3 Å². The van der Waals surface area contributed by atoms with Gasteiger partial charge in [0.25, 0.3) is 0 Å². The summed E-state index contributed by atoms with van der Waals surface area (Å²) in [6.07, 6.45) is 6.02. The van der Waals surface area contributed by atoms with Crippen LogP contribution < -0.4 is 0 Å². The van der Waals surface area contributed by atoms with Crippen LogP contribution in [-0.4, -0.2) is 132 Å². The Labute approximate surface area is 371 Å². The number of carbonyl (C=O) groups excluding carboxylic acids is 3. The van der Waals surface area contributed by atoms with E-state index in [0.717, 1.165) is 24.1 Å². The number of methoxy groups -OCH3 is 3. The predicted octanol–water partition coefficient (Wildman–Crippen LogP) is 6.62. The summed E-state index contributed by atoms with van der Waals surface area (Å²) in [6.45, 7) is 8.06. The molecule has 8 rings (SSSR count). The number of Topliss-reactive ketones (excluding diaryl/α,β-unsaturated/α-hetero) is 1. The van der Waals surface area contributed by atoms with E-state index in [1.54, 1.807) is 21.3 Å². The van der Waals surface area contributed by atoms with E-state index in [1.807, 2.05) is 38.3 Å². The van der Waals surface area contributed by atoms with Gasteiger partial charge in [0.15, 0.2) is 18.4 Å². The van der Waals surface area contributed by atoms with E-state index in [0.29, 0.717) is 49.3 Å². The molecule has 0 spiro atoms. The number of hydrogen-bond acceptors (Lipinski definition) is 14. The molecule has 0 aromatic carbocycles. The van der Waals surface area contributed by atoms with Crippen molar-refractivity contribution in [3.8, 4) is 0 Å². The lowest BCUT2D eigenvalue weighted by atomic mass is 9.59. The van der Waals surface area contributed by atoms with Crippen LogP contribution in [0.5, 0.6) is 0 Å². The fourth-order valence-corrected chi connectivity index (χ4v) is 13.2. The second-order valence-corrected chi connectivity index (χ2v) is 20.1. The first-order chi connectivity index (χ1) is 29.8. The smallest absolute Gasteiger partial charge is 0.339 e. The fraction of sp³-hybridized carbons (Fsp3) is 0.771. The summed E-state index contributed by atoms with van der Waals surface area (Å²) in [7, 11) is 9.07. The highest BCUT2D eigenvalue weighted by Gasteiger charge is 2.62. The molecule has 344 valence electrons. The lowest BCUT2D eigenvalue weighted by Gasteiger charge is -2.49. The topological polar surface area (TPSA) is 138 Å². The van der Waals surface area contributed by atoms with Crippen LogP contribution >= 0.6 is 11.3 Å². The van der Waals surface area contributed by atoms with Crippen LogP contribution in [0.3, 0.4) is 0 Å². The maximum Gasteiger partial charge on any atom is 0.339 e. The zero-order chi connectivity index (χ0) is 44.0. The van der Waals surface area contributed by atoms with Crippen molar-refractivity contribution in [3.05, 3.63) is 40.1 Å². The molecule has 3 aliphatic carbocycles. The number of fused-ring (bicyclic) bond motifs is 8. The van der Waals surface area contributed by atoms with Gasteiger partial charge in [0.2, 0.25) is 0 Å². The molecule has 0 N–H and O–H groups in total. The molecule has 4 aliphatic heterocycles. The summed E-state index contributed by atoms with van der Waals surface area (Å²) in [4.78, 5) is 46.3. The molecule has 14 heteroatoms. The van der Waals surface area contributed by atoms with Gasteiger partial charge < -0.3 is 47.5 Å². The van der Waals surface area contributed by atoms with Gasteiger partial charge in [0.05, 0.1) is 36.4 Å². The lowest BCUT2D eigenvalue weighted by Crippen LogP contribution is -2.59. The Hall–Kier alpha value is -2.53. The molecule has 0 amide bonds. The average molecular weight is 884 g/mol. The largest absolute Gasteiger partial charge is 0.462 e. The van der Waals surface area contributed by atoms with Crippen LogP contribution in [-0.2, 0) is 57.0 Å². The Morgan fingerprint density at radius 2 is 1.56 bits per heavy atom. The molecule has 5 unspecified atom stereocenters. The minimum Gasteiger partial charge on any atom is -0.462 e. The number of cyclic esters (lactones) is 1. The molecular formula is C48H69NO12S. The number of allylic oxidation sites excluding steroid dienone is 2. The summed E-state index contributed by atoms with van der Waals surface area (Å²) in [5, 5.41) is 1.96. The predicted molar refractivity (Wildman–Crippen MR) is 231 cm³/mol. The second-order valence-electron chi connectivity index (χ2n) is 19.1. The summed E-state index contributed by atoms with van der Waals surface area (Å²) in [5.41, 5.74) is 1.19. The highest BCUT2D eigenvalue weighted by molar-refractivity contribution is 7.11. The minimum atomic E-state index is -0.702. The first kappa shape index (κ1) is 46.0. The van der Waals surface area contributed by atoms with Gasteiger partial charge in [-0.3, -0.25) is 9.59 Å². The molecule has 5 heterocycles. The van der Waals surface area contributed by atoms with Crippen LogP contribution in [0.15, 0.2) is 35.2 Å². The van der Waals surface area contributed by atoms with E-state index >= 15 is 4.79 Å². The highest BCUT2D eigenvalue weighted by atomic mass is 32.1. The summed E-state index contributed by atoms with van der Waals surface area (Å²) in [6, 6.07) is 4.19. The van der Waals surface area contributed by atoms with Gasteiger partial charge in [0.1, 0.15) is 30.5 Å². The van der Waals surface area contributed by atoms with Gasteiger partial charge in [-0.2, -0.15) is 0 Å². The van der Waals surface area contributed by atoms with Crippen molar-refractivity contribution in [1.29, 1.82) is 0 Å². The van der Waals surface area contributed by atoms with Crippen molar-refractivity contribution < 1.29 is 57.0 Å². The third-order valence-electron chi connectivity index (χ3n) is 15.5. The van der Waals surface area contributed by atoms with Gasteiger partial charge in [-0.25, -0.2) is 4.79 Å². The number of ketones is 1. The zero-order valence-electron chi connectivity index (χ0n) is 38.0. The Morgan fingerprint density at radius 1 is 0.823 bits per heavy atom. The van der Waals surface area contributed by atoms with Crippen molar-refractivity contribution in [2.45, 2.75) is 159 Å². The summed E-state index contributed by atoms with van der Waals surface area (Å²) in [5.74, 6) is -2.18. The van der Waals surface area contributed by atoms with Crippen LogP contribution in [0.4, 0.5) is 0 Å². The standard InChI is InChI=1S/C48H69NO12S/c1-10-27-13-11-14-37(60-40-17-16-36(49(5)6)25(3)56-40)24(2)42(51)33-21-31-29-19-28(59-48-46(55-9)45(54-8)43(53-7)26(4)57-48)20-30(29)34-22-35(38-15-12-18-62-38)47(52)61-44(34)41(31)32(33)23-39(50)58-27/h12,15,18,21-22,24-32,34,36-37,40-41,43-46,48H,10-11,13-14,16-17,19-20,23H2,1-9H3/t24-,25?,26?,27+,28+,29-,30-,31+,32-,34?,36+,37+,40+,41-,43+,44?,45?,46+,48+/m1/s1. The SMILES string of the molecule is CC[C@H]1CCC[C@H](O[C@H]2CC[C@H](N(C)C)C(C)O2)[C@@H](C)C(=O)C2=C[C@H]3[C@@H]4C[C@H](O[C@@H]5OC(C)[C@H](OC)C(OC)[C@@H]5OC)C[C@H]4C4C=C(c5cccs5)C(=O)OC4[C@H]3[C@@H]2CC(=O)O1. The van der Waals surface area contributed by atoms with Gasteiger partial charge >= 0.3 is 11.9 Å². The number of hydrogen-bond donors (Lipinski definition) is 0. The maximum absolute atomic E-state index is 15.2. The molecule has 5 fully saturated rings. The van der Waals surface area contributed by atoms with Crippen LogP contribution in [0.1, 0.15) is 90.4 Å². The Morgan fingerprint density at radius 3 is 2.23 bits per heavy atom. The monoisotopic (exact) mass is 883 g/mol. The van der Waals surface area contributed by atoms with Crippen LogP contribution in [0.2, 0.25) is 0 Å². The first-order valence-electron chi connectivity index (χ1n) is 23.1. The molecule has 1 aromatic rings. The Kier molecular flexibility index (Phi) is 14.5. The summed E-state index contributed by atoms with van der Waals surface area (Å²) < 4.78 is 57.0. The maximum atomic E-state index is 15.2. The van der Waals surface area contributed by atoms with Gasteiger partial charge in [0, 0.05) is 55.9 Å². The van der Waals surface area contributed by atoms with Crippen molar-refractivity contribution >= 4 is 34.6 Å². The Bertz CT molecular complexity index is 1800. The fourth-order valence-electron chi connectivity index (χ4n) is 12.5. The minimum absolute atomic E-state index is 0.0141. The first-order valence-corrected chi connectivity index (χ1v) is 24.0. The number of nitrogens with zero attached hydrogens (tertiary/aromatic N) is 1. The van der Waals surface area contributed by atoms with Crippen LogP contribution in [0.25, 0.3) is 5.57 Å². The summed E-state index contributed by atoms with van der Waals surface area (Å²) >= 11 is 1.51.